The van der Waals surface area contributed by atoms with E-state index >= 15 is 0 Å². The topological polar surface area (TPSA) is 32.7 Å². The second-order valence-corrected chi connectivity index (χ2v) is 4.62. The van der Waals surface area contributed by atoms with E-state index in [1.54, 1.807) is 0 Å². The van der Waals surface area contributed by atoms with Gasteiger partial charge in [-0.3, -0.25) is 4.90 Å². The van der Waals surface area contributed by atoms with Gasteiger partial charge in [-0.25, -0.2) is 0 Å². The predicted octanol–water partition coefficient (Wildman–Crippen LogP) is 0.868. The molecule has 0 amide bonds. The molecule has 1 atom stereocenters. The van der Waals surface area contributed by atoms with Gasteiger partial charge < -0.3 is 9.84 Å². The molecule has 1 heterocycles. The normalized spacial score (nSPS) is 27.2. The fourth-order valence-corrected chi connectivity index (χ4v) is 1.64. The Bertz CT molecular complexity index is 153. The zero-order chi connectivity index (χ0) is 9.90. The van der Waals surface area contributed by atoms with Crippen LogP contribution in [0.15, 0.2) is 0 Å². The third kappa shape index (κ3) is 3.25. The zero-order valence-corrected chi connectivity index (χ0v) is 8.92. The van der Waals surface area contributed by atoms with E-state index in [1.165, 1.54) is 0 Å². The number of aliphatic hydroxyl groups is 1. The highest BCUT2D eigenvalue weighted by molar-refractivity contribution is 4.79. The summed E-state index contributed by atoms with van der Waals surface area (Å²) in [5.41, 5.74) is 0.216. The lowest BCUT2D eigenvalue weighted by Crippen LogP contribution is -2.42. The standard InChI is InChI=1S/C10H21NO2/c1-10(2,3)11-5-4-9(8-12)13-7-6-11/h9,12H,4-8H2,1-3H3/t9-/m0/s1. The molecule has 0 bridgehead atoms. The first kappa shape index (κ1) is 11.0. The Labute approximate surface area is 80.7 Å². The van der Waals surface area contributed by atoms with Crippen molar-refractivity contribution >= 4 is 0 Å². The second kappa shape index (κ2) is 4.40. The molecule has 0 aromatic carbocycles. The maximum Gasteiger partial charge on any atom is 0.0818 e. The summed E-state index contributed by atoms with van der Waals surface area (Å²) in [5.74, 6) is 0. The lowest BCUT2D eigenvalue weighted by molar-refractivity contribution is 0.0196. The van der Waals surface area contributed by atoms with Crippen molar-refractivity contribution in [2.45, 2.75) is 38.8 Å². The monoisotopic (exact) mass is 187 g/mol. The molecule has 1 saturated heterocycles. The van der Waals surface area contributed by atoms with Gasteiger partial charge in [0.15, 0.2) is 0 Å². The highest BCUT2D eigenvalue weighted by Gasteiger charge is 2.24. The minimum Gasteiger partial charge on any atom is -0.394 e. The van der Waals surface area contributed by atoms with Crippen LogP contribution < -0.4 is 0 Å². The summed E-state index contributed by atoms with van der Waals surface area (Å²) < 4.78 is 5.49. The molecule has 1 N–H and O–H groups in total. The highest BCUT2D eigenvalue weighted by atomic mass is 16.5. The minimum absolute atomic E-state index is 0.0485. The quantitative estimate of drug-likeness (QED) is 0.661. The van der Waals surface area contributed by atoms with Crippen LogP contribution in [0.3, 0.4) is 0 Å². The van der Waals surface area contributed by atoms with Gasteiger partial charge in [0.25, 0.3) is 0 Å². The van der Waals surface area contributed by atoms with E-state index in [0.717, 1.165) is 26.1 Å². The minimum atomic E-state index is 0.0485. The van der Waals surface area contributed by atoms with Crippen LogP contribution in [0.1, 0.15) is 27.2 Å². The summed E-state index contributed by atoms with van der Waals surface area (Å²) in [6, 6.07) is 0. The number of hydrogen-bond donors (Lipinski definition) is 1. The van der Waals surface area contributed by atoms with E-state index in [9.17, 15) is 0 Å². The molecular formula is C10H21NO2. The van der Waals surface area contributed by atoms with Gasteiger partial charge in [-0.05, 0) is 27.2 Å². The van der Waals surface area contributed by atoms with Crippen LogP contribution in [0, 0.1) is 0 Å². The number of nitrogens with zero attached hydrogens (tertiary/aromatic N) is 1. The number of hydrogen-bond acceptors (Lipinski definition) is 3. The number of ether oxygens (including phenoxy) is 1. The molecule has 0 unspecified atom stereocenters. The van der Waals surface area contributed by atoms with Crippen molar-refractivity contribution in [2.24, 2.45) is 0 Å². The van der Waals surface area contributed by atoms with Crippen molar-refractivity contribution < 1.29 is 9.84 Å². The summed E-state index contributed by atoms with van der Waals surface area (Å²) in [6.07, 6.45) is 0.987. The molecule has 0 aromatic heterocycles. The summed E-state index contributed by atoms with van der Waals surface area (Å²) >= 11 is 0. The lowest BCUT2D eigenvalue weighted by Gasteiger charge is -2.34. The van der Waals surface area contributed by atoms with E-state index in [2.05, 4.69) is 25.7 Å². The summed E-state index contributed by atoms with van der Waals surface area (Å²) in [5, 5.41) is 8.96. The van der Waals surface area contributed by atoms with Crippen LogP contribution >= 0.6 is 0 Å². The number of aliphatic hydroxyl groups excluding tert-OH is 1. The fraction of sp³-hybridized carbons (Fsp3) is 1.00. The molecule has 13 heavy (non-hydrogen) atoms. The van der Waals surface area contributed by atoms with Crippen molar-refractivity contribution in [3.8, 4) is 0 Å². The average molecular weight is 187 g/mol. The SMILES string of the molecule is CC(C)(C)N1CCO[C@H](CO)CC1. The van der Waals surface area contributed by atoms with Gasteiger partial charge >= 0.3 is 0 Å². The van der Waals surface area contributed by atoms with E-state index < -0.39 is 0 Å². The highest BCUT2D eigenvalue weighted by Crippen LogP contribution is 2.16. The van der Waals surface area contributed by atoms with E-state index in [4.69, 9.17) is 9.84 Å². The van der Waals surface area contributed by atoms with Gasteiger partial charge in [0.1, 0.15) is 0 Å². The van der Waals surface area contributed by atoms with Crippen LogP contribution in [0.5, 0.6) is 0 Å². The van der Waals surface area contributed by atoms with Crippen LogP contribution in [0.25, 0.3) is 0 Å². The Morgan fingerprint density at radius 1 is 1.38 bits per heavy atom. The van der Waals surface area contributed by atoms with Gasteiger partial charge in [0.2, 0.25) is 0 Å². The Morgan fingerprint density at radius 2 is 2.08 bits per heavy atom. The molecule has 0 aromatic rings. The molecule has 0 radical (unpaired) electrons. The molecule has 78 valence electrons. The van der Waals surface area contributed by atoms with Gasteiger partial charge in [-0.15, -0.1) is 0 Å². The molecule has 1 rings (SSSR count). The maximum absolute atomic E-state index is 8.96. The molecule has 1 fully saturated rings. The Balaban J connectivity index is 2.45. The fourth-order valence-electron chi connectivity index (χ4n) is 1.64. The average Bonchev–Trinajstić information content (AvgIpc) is 2.26. The Morgan fingerprint density at radius 3 is 2.62 bits per heavy atom. The Hall–Kier alpha value is -0.120. The molecular weight excluding hydrogens is 166 g/mol. The zero-order valence-electron chi connectivity index (χ0n) is 8.92. The van der Waals surface area contributed by atoms with Crippen LogP contribution in [-0.2, 0) is 4.74 Å². The smallest absolute Gasteiger partial charge is 0.0818 e. The lowest BCUT2D eigenvalue weighted by atomic mass is 10.1. The van der Waals surface area contributed by atoms with E-state index in [0.29, 0.717) is 0 Å². The maximum atomic E-state index is 8.96. The van der Waals surface area contributed by atoms with Crippen molar-refractivity contribution in [3.63, 3.8) is 0 Å². The first-order chi connectivity index (χ1) is 6.04. The largest absolute Gasteiger partial charge is 0.394 e. The first-order valence-electron chi connectivity index (χ1n) is 5.01. The van der Waals surface area contributed by atoms with Gasteiger partial charge in [-0.2, -0.15) is 0 Å². The van der Waals surface area contributed by atoms with Crippen molar-refractivity contribution in [2.75, 3.05) is 26.3 Å². The van der Waals surface area contributed by atoms with Crippen LogP contribution in [0.4, 0.5) is 0 Å². The molecule has 1 aliphatic heterocycles. The third-order valence-electron chi connectivity index (χ3n) is 2.59. The van der Waals surface area contributed by atoms with Crippen molar-refractivity contribution in [1.82, 2.24) is 4.90 Å². The third-order valence-corrected chi connectivity index (χ3v) is 2.59. The predicted molar refractivity (Wildman–Crippen MR) is 52.8 cm³/mol. The first-order valence-corrected chi connectivity index (χ1v) is 5.01. The van der Waals surface area contributed by atoms with Crippen molar-refractivity contribution in [1.29, 1.82) is 0 Å². The van der Waals surface area contributed by atoms with E-state index in [1.807, 2.05) is 0 Å². The van der Waals surface area contributed by atoms with Gasteiger partial charge in [-0.1, -0.05) is 0 Å². The molecule has 1 aliphatic rings. The summed E-state index contributed by atoms with van der Waals surface area (Å²) in [4.78, 5) is 2.41. The molecule has 0 aliphatic carbocycles. The van der Waals surface area contributed by atoms with E-state index in [-0.39, 0.29) is 18.2 Å². The summed E-state index contributed by atoms with van der Waals surface area (Å²) in [6.45, 7) is 9.53. The van der Waals surface area contributed by atoms with Crippen LogP contribution in [0.2, 0.25) is 0 Å². The molecule has 0 saturated carbocycles. The van der Waals surface area contributed by atoms with Crippen molar-refractivity contribution in [3.05, 3.63) is 0 Å². The summed E-state index contributed by atoms with van der Waals surface area (Å²) in [7, 11) is 0. The molecule has 0 spiro atoms. The van der Waals surface area contributed by atoms with Gasteiger partial charge in [0, 0.05) is 18.6 Å². The molecule has 3 heteroatoms. The van der Waals surface area contributed by atoms with Gasteiger partial charge in [0.05, 0.1) is 19.3 Å². The number of rotatable bonds is 1. The Kier molecular flexibility index (Phi) is 3.71. The second-order valence-electron chi connectivity index (χ2n) is 4.62. The molecule has 3 nitrogen and oxygen atoms in total. The van der Waals surface area contributed by atoms with Crippen LogP contribution in [-0.4, -0.2) is 48.0 Å².